The van der Waals surface area contributed by atoms with Gasteiger partial charge in [0, 0.05) is 12.8 Å². The molecule has 1 rings (SSSR count). The van der Waals surface area contributed by atoms with Crippen molar-refractivity contribution in [3.63, 3.8) is 0 Å². The summed E-state index contributed by atoms with van der Waals surface area (Å²) in [6.07, 6.45) is 0.859. The molecular formula is C12H16N2O. The van der Waals surface area contributed by atoms with Gasteiger partial charge < -0.3 is 10.1 Å². The Kier molecular flexibility index (Phi) is 4.65. The summed E-state index contributed by atoms with van der Waals surface area (Å²) in [7, 11) is 1.69. The quantitative estimate of drug-likeness (QED) is 0.799. The molecule has 0 radical (unpaired) electrons. The molecule has 0 bridgehead atoms. The highest BCUT2D eigenvalue weighted by atomic mass is 16.5. The van der Waals surface area contributed by atoms with Gasteiger partial charge in [-0.05, 0) is 25.0 Å². The number of para-hydroxylation sites is 1. The Morgan fingerprint density at radius 3 is 2.87 bits per heavy atom. The summed E-state index contributed by atoms with van der Waals surface area (Å²) in [4.78, 5) is 0. The van der Waals surface area contributed by atoms with E-state index in [0.717, 1.165) is 12.1 Å². The minimum absolute atomic E-state index is 0.173. The molecule has 3 nitrogen and oxygen atoms in total. The number of hydrogen-bond donors (Lipinski definition) is 1. The van der Waals surface area contributed by atoms with Gasteiger partial charge in [0.05, 0.1) is 12.7 Å². The van der Waals surface area contributed by atoms with Crippen LogP contribution in [0, 0.1) is 11.3 Å². The molecular weight excluding hydrogens is 188 g/mol. The molecule has 1 atom stereocenters. The van der Waals surface area contributed by atoms with Gasteiger partial charge >= 0.3 is 0 Å². The van der Waals surface area contributed by atoms with Crippen molar-refractivity contribution in [2.75, 3.05) is 19.0 Å². The number of nitrogens with one attached hydrogen (secondary N) is 1. The highest BCUT2D eigenvalue weighted by molar-refractivity contribution is 5.52. The van der Waals surface area contributed by atoms with E-state index in [2.05, 4.69) is 11.4 Å². The van der Waals surface area contributed by atoms with Crippen LogP contribution in [0.1, 0.15) is 12.5 Å². The molecule has 15 heavy (non-hydrogen) atoms. The Labute approximate surface area is 90.7 Å². The fourth-order valence-electron chi connectivity index (χ4n) is 1.36. The van der Waals surface area contributed by atoms with E-state index in [4.69, 9.17) is 10.00 Å². The molecule has 1 N–H and O–H groups in total. The molecule has 0 saturated heterocycles. The van der Waals surface area contributed by atoms with Crippen molar-refractivity contribution in [1.82, 2.24) is 0 Å². The van der Waals surface area contributed by atoms with Gasteiger partial charge in [-0.25, -0.2) is 0 Å². The predicted molar refractivity (Wildman–Crippen MR) is 60.7 cm³/mol. The zero-order valence-corrected chi connectivity index (χ0v) is 9.16. The average molecular weight is 204 g/mol. The van der Waals surface area contributed by atoms with Crippen molar-refractivity contribution < 1.29 is 4.74 Å². The molecule has 0 amide bonds. The molecule has 1 unspecified atom stereocenters. The summed E-state index contributed by atoms with van der Waals surface area (Å²) < 4.78 is 5.04. The maximum atomic E-state index is 8.73. The van der Waals surface area contributed by atoms with Crippen LogP contribution in [-0.2, 0) is 11.2 Å². The van der Waals surface area contributed by atoms with Crippen molar-refractivity contribution >= 4 is 5.69 Å². The fraction of sp³-hybridized carbons (Fsp3) is 0.417. The zero-order valence-electron chi connectivity index (χ0n) is 9.16. The van der Waals surface area contributed by atoms with E-state index in [0.29, 0.717) is 6.61 Å². The number of nitrogens with zero attached hydrogens (tertiary/aromatic N) is 1. The van der Waals surface area contributed by atoms with Crippen molar-refractivity contribution in [2.24, 2.45) is 0 Å². The van der Waals surface area contributed by atoms with Crippen LogP contribution in [0.2, 0.25) is 0 Å². The Balaban J connectivity index is 2.73. The molecule has 0 saturated carbocycles. The first-order valence-electron chi connectivity index (χ1n) is 5.01. The van der Waals surface area contributed by atoms with Crippen LogP contribution in [0.25, 0.3) is 0 Å². The van der Waals surface area contributed by atoms with Gasteiger partial charge in [0.2, 0.25) is 0 Å². The summed E-state index contributed by atoms with van der Waals surface area (Å²) in [6, 6.07) is 9.97. The van der Waals surface area contributed by atoms with Crippen LogP contribution in [0.5, 0.6) is 0 Å². The summed E-state index contributed by atoms with van der Waals surface area (Å²) in [6.45, 7) is 2.53. The second-order valence-electron chi connectivity index (χ2n) is 3.40. The molecule has 3 heteroatoms. The Hall–Kier alpha value is -1.53. The van der Waals surface area contributed by atoms with Crippen LogP contribution in [0.3, 0.4) is 0 Å². The first kappa shape index (κ1) is 11.5. The molecule has 0 aliphatic carbocycles. The molecule has 80 valence electrons. The summed E-state index contributed by atoms with van der Waals surface area (Å²) in [5.41, 5.74) is 2.20. The van der Waals surface area contributed by atoms with Crippen LogP contribution >= 0.6 is 0 Å². The third kappa shape index (κ3) is 3.61. The number of methoxy groups -OCH3 is 1. The van der Waals surface area contributed by atoms with E-state index in [1.54, 1.807) is 7.11 Å². The van der Waals surface area contributed by atoms with Crippen molar-refractivity contribution in [3.05, 3.63) is 29.8 Å². The van der Waals surface area contributed by atoms with E-state index in [1.165, 1.54) is 5.56 Å². The van der Waals surface area contributed by atoms with Crippen LogP contribution < -0.4 is 5.32 Å². The number of rotatable bonds is 5. The molecule has 0 heterocycles. The molecule has 1 aromatic carbocycles. The lowest BCUT2D eigenvalue weighted by Crippen LogP contribution is -2.13. The van der Waals surface area contributed by atoms with E-state index in [1.807, 2.05) is 31.2 Å². The lowest BCUT2D eigenvalue weighted by Gasteiger charge is -2.12. The van der Waals surface area contributed by atoms with Crippen LogP contribution in [0.15, 0.2) is 24.3 Å². The number of ether oxygens (including phenoxy) is 1. The van der Waals surface area contributed by atoms with Crippen LogP contribution in [-0.4, -0.2) is 19.8 Å². The van der Waals surface area contributed by atoms with E-state index in [-0.39, 0.29) is 6.04 Å². The van der Waals surface area contributed by atoms with Gasteiger partial charge in [-0.1, -0.05) is 18.2 Å². The Morgan fingerprint density at radius 2 is 2.20 bits per heavy atom. The van der Waals surface area contributed by atoms with Crippen molar-refractivity contribution in [2.45, 2.75) is 19.4 Å². The van der Waals surface area contributed by atoms with E-state index >= 15 is 0 Å². The molecule has 0 aliphatic rings. The fourth-order valence-corrected chi connectivity index (χ4v) is 1.36. The molecule has 0 aliphatic heterocycles. The van der Waals surface area contributed by atoms with Gasteiger partial charge in [-0.3, -0.25) is 0 Å². The lowest BCUT2D eigenvalue weighted by molar-refractivity contribution is 0.202. The second-order valence-corrected chi connectivity index (χ2v) is 3.40. The number of nitriles is 1. The summed E-state index contributed by atoms with van der Waals surface area (Å²) >= 11 is 0. The maximum absolute atomic E-state index is 8.73. The highest BCUT2D eigenvalue weighted by Gasteiger charge is 2.04. The topological polar surface area (TPSA) is 45.0 Å². The predicted octanol–water partition coefficient (Wildman–Crippen LogP) is 2.20. The molecule has 1 aromatic rings. The Bertz CT molecular complexity index is 344. The largest absolute Gasteiger partial charge is 0.384 e. The third-order valence-corrected chi connectivity index (χ3v) is 2.16. The highest BCUT2D eigenvalue weighted by Crippen LogP contribution is 2.16. The van der Waals surface area contributed by atoms with E-state index in [9.17, 15) is 0 Å². The van der Waals surface area contributed by atoms with Gasteiger partial charge in [0.1, 0.15) is 6.04 Å². The van der Waals surface area contributed by atoms with Crippen molar-refractivity contribution in [3.8, 4) is 6.07 Å². The minimum Gasteiger partial charge on any atom is -0.384 e. The average Bonchev–Trinajstić information content (AvgIpc) is 2.28. The summed E-state index contributed by atoms with van der Waals surface area (Å²) in [5, 5.41) is 11.9. The smallest absolute Gasteiger partial charge is 0.111 e. The SMILES string of the molecule is COCCc1ccccc1NC(C)C#N. The van der Waals surface area contributed by atoms with Gasteiger partial charge in [0.25, 0.3) is 0 Å². The molecule has 0 spiro atoms. The number of benzene rings is 1. The van der Waals surface area contributed by atoms with Gasteiger partial charge in [0.15, 0.2) is 0 Å². The monoisotopic (exact) mass is 204 g/mol. The first-order valence-corrected chi connectivity index (χ1v) is 5.01. The molecule has 0 aromatic heterocycles. The standard InChI is InChI=1S/C12H16N2O/c1-10(9-13)14-12-6-4-3-5-11(12)7-8-15-2/h3-6,10,14H,7-8H2,1-2H3. The number of anilines is 1. The minimum atomic E-state index is -0.173. The summed E-state index contributed by atoms with van der Waals surface area (Å²) in [5.74, 6) is 0. The molecule has 0 fully saturated rings. The zero-order chi connectivity index (χ0) is 11.1. The van der Waals surface area contributed by atoms with Gasteiger partial charge in [-0.15, -0.1) is 0 Å². The van der Waals surface area contributed by atoms with Gasteiger partial charge in [-0.2, -0.15) is 5.26 Å². The lowest BCUT2D eigenvalue weighted by atomic mass is 10.1. The maximum Gasteiger partial charge on any atom is 0.111 e. The number of hydrogen-bond acceptors (Lipinski definition) is 3. The Morgan fingerprint density at radius 1 is 1.47 bits per heavy atom. The first-order chi connectivity index (χ1) is 7.27. The third-order valence-electron chi connectivity index (χ3n) is 2.16. The second kappa shape index (κ2) is 6.05. The van der Waals surface area contributed by atoms with Crippen LogP contribution in [0.4, 0.5) is 5.69 Å². The van der Waals surface area contributed by atoms with E-state index < -0.39 is 0 Å². The van der Waals surface area contributed by atoms with Crippen molar-refractivity contribution in [1.29, 1.82) is 5.26 Å². The normalized spacial score (nSPS) is 11.8.